The van der Waals surface area contributed by atoms with Gasteiger partial charge in [-0.3, -0.25) is 4.79 Å². The molecule has 0 unspecified atom stereocenters. The molecule has 0 radical (unpaired) electrons. The Bertz CT molecular complexity index is 760. The van der Waals surface area contributed by atoms with E-state index in [-0.39, 0.29) is 17.4 Å². The number of phenolic OH excluding ortho intramolecular Hbond substituents is 1. The normalized spacial score (nSPS) is 10.8. The van der Waals surface area contributed by atoms with Crippen LogP contribution in [0.25, 0.3) is 0 Å². The number of aromatic nitrogens is 2. The fourth-order valence-electron chi connectivity index (χ4n) is 1.98. The molecular formula is C17H20N4O3S. The van der Waals surface area contributed by atoms with Crippen LogP contribution in [0.2, 0.25) is 0 Å². The van der Waals surface area contributed by atoms with E-state index in [1.165, 1.54) is 24.0 Å². The van der Waals surface area contributed by atoms with Gasteiger partial charge in [-0.1, -0.05) is 11.8 Å². The fourth-order valence-corrected chi connectivity index (χ4v) is 2.72. The molecule has 0 bridgehead atoms. The van der Waals surface area contributed by atoms with E-state index in [0.717, 1.165) is 11.4 Å². The lowest BCUT2D eigenvalue weighted by molar-refractivity contribution is -0.118. The van der Waals surface area contributed by atoms with Crippen LogP contribution in [-0.4, -0.2) is 39.6 Å². The number of aryl methyl sites for hydroxylation is 2. The smallest absolute Gasteiger partial charge is 0.250 e. The molecule has 2 aromatic rings. The topological polar surface area (TPSA) is 96.7 Å². The number of rotatable bonds is 7. The fraction of sp³-hybridized carbons (Fsp3) is 0.294. The van der Waals surface area contributed by atoms with Crippen molar-refractivity contribution in [2.75, 3.05) is 12.4 Å². The third-order valence-electron chi connectivity index (χ3n) is 2.98. The van der Waals surface area contributed by atoms with Gasteiger partial charge in [0.15, 0.2) is 16.7 Å². The van der Waals surface area contributed by atoms with Gasteiger partial charge in [0.05, 0.1) is 18.6 Å². The molecule has 0 spiro atoms. The summed E-state index contributed by atoms with van der Waals surface area (Å²) in [6.07, 6.45) is 1.48. The largest absolute Gasteiger partial charge is 0.504 e. The lowest BCUT2D eigenvalue weighted by atomic mass is 10.2. The van der Waals surface area contributed by atoms with Gasteiger partial charge in [0.2, 0.25) is 0 Å². The molecule has 1 aromatic carbocycles. The van der Waals surface area contributed by atoms with Crippen molar-refractivity contribution in [1.82, 2.24) is 15.4 Å². The zero-order valence-corrected chi connectivity index (χ0v) is 15.1. The number of carbonyl (C=O) groups excluding carboxylic acids is 1. The van der Waals surface area contributed by atoms with E-state index in [0.29, 0.717) is 23.1 Å². The van der Waals surface area contributed by atoms with Gasteiger partial charge >= 0.3 is 0 Å². The van der Waals surface area contributed by atoms with Crippen LogP contribution in [-0.2, 0) is 4.79 Å². The Labute approximate surface area is 150 Å². The van der Waals surface area contributed by atoms with E-state index in [1.54, 1.807) is 12.1 Å². The lowest BCUT2D eigenvalue weighted by Crippen LogP contribution is -2.19. The SMILES string of the molecule is CCOc1cc(C=NNC(=O)CSc2nc(C)cc(C)n2)ccc1O. The number of ether oxygens (including phenoxy) is 1. The molecule has 2 N–H and O–H groups in total. The van der Waals surface area contributed by atoms with E-state index in [2.05, 4.69) is 20.5 Å². The Balaban J connectivity index is 1.87. The number of aromatic hydroxyl groups is 1. The Hall–Kier alpha value is -2.61. The molecule has 0 aliphatic heterocycles. The predicted octanol–water partition coefficient (Wildman–Crippen LogP) is 2.44. The highest BCUT2D eigenvalue weighted by molar-refractivity contribution is 7.99. The molecule has 2 rings (SSSR count). The summed E-state index contributed by atoms with van der Waals surface area (Å²) < 4.78 is 5.30. The van der Waals surface area contributed by atoms with E-state index in [9.17, 15) is 9.90 Å². The minimum absolute atomic E-state index is 0.0629. The number of hydrogen-bond donors (Lipinski definition) is 2. The molecule has 0 atom stereocenters. The van der Waals surface area contributed by atoms with Crippen LogP contribution in [0, 0.1) is 13.8 Å². The first kappa shape index (κ1) is 18.7. The highest BCUT2D eigenvalue weighted by Crippen LogP contribution is 2.26. The maximum atomic E-state index is 11.8. The summed E-state index contributed by atoms with van der Waals surface area (Å²) in [6, 6.07) is 6.71. The number of benzene rings is 1. The lowest BCUT2D eigenvalue weighted by Gasteiger charge is -2.06. The van der Waals surface area contributed by atoms with Gasteiger partial charge in [-0.05, 0) is 50.6 Å². The molecule has 0 saturated carbocycles. The maximum absolute atomic E-state index is 11.8. The zero-order chi connectivity index (χ0) is 18.2. The first-order valence-corrected chi connectivity index (χ1v) is 8.69. The number of carbonyl (C=O) groups is 1. The number of hydrogen-bond acceptors (Lipinski definition) is 7. The van der Waals surface area contributed by atoms with Crippen molar-refractivity contribution < 1.29 is 14.6 Å². The average Bonchev–Trinajstić information content (AvgIpc) is 2.55. The predicted molar refractivity (Wildman–Crippen MR) is 97.2 cm³/mol. The molecule has 25 heavy (non-hydrogen) atoms. The Kier molecular flexibility index (Phi) is 6.76. The van der Waals surface area contributed by atoms with Gasteiger partial charge in [-0.2, -0.15) is 5.10 Å². The summed E-state index contributed by atoms with van der Waals surface area (Å²) in [5, 5.41) is 14.1. The second-order valence-corrected chi connectivity index (χ2v) is 6.12. The highest BCUT2D eigenvalue weighted by Gasteiger charge is 2.06. The Morgan fingerprint density at radius 3 is 2.72 bits per heavy atom. The van der Waals surface area contributed by atoms with Gasteiger partial charge in [0, 0.05) is 11.4 Å². The van der Waals surface area contributed by atoms with Crippen molar-refractivity contribution in [3.05, 3.63) is 41.2 Å². The van der Waals surface area contributed by atoms with Crippen molar-refractivity contribution in [2.45, 2.75) is 25.9 Å². The number of amides is 1. The van der Waals surface area contributed by atoms with Crippen molar-refractivity contribution >= 4 is 23.9 Å². The minimum atomic E-state index is -0.257. The van der Waals surface area contributed by atoms with Gasteiger partial charge in [0.25, 0.3) is 5.91 Å². The van der Waals surface area contributed by atoms with E-state index < -0.39 is 0 Å². The van der Waals surface area contributed by atoms with E-state index in [1.807, 2.05) is 26.8 Å². The molecular weight excluding hydrogens is 340 g/mol. The zero-order valence-electron chi connectivity index (χ0n) is 14.3. The van der Waals surface area contributed by atoms with Gasteiger partial charge in [0.1, 0.15) is 0 Å². The molecule has 8 heteroatoms. The first-order valence-electron chi connectivity index (χ1n) is 7.70. The second-order valence-electron chi connectivity index (χ2n) is 5.18. The van der Waals surface area contributed by atoms with Crippen LogP contribution < -0.4 is 10.2 Å². The molecule has 0 aliphatic rings. The van der Waals surface area contributed by atoms with E-state index >= 15 is 0 Å². The van der Waals surface area contributed by atoms with Crippen LogP contribution in [0.4, 0.5) is 0 Å². The third kappa shape index (κ3) is 6.07. The number of thioether (sulfide) groups is 1. The molecule has 0 aliphatic carbocycles. The summed E-state index contributed by atoms with van der Waals surface area (Å²) in [5.74, 6) is 0.348. The van der Waals surface area contributed by atoms with Gasteiger partial charge in [-0.15, -0.1) is 0 Å². The van der Waals surface area contributed by atoms with Crippen molar-refractivity contribution in [1.29, 1.82) is 0 Å². The van der Waals surface area contributed by atoms with Crippen molar-refractivity contribution in [2.24, 2.45) is 5.10 Å². The van der Waals surface area contributed by atoms with Crippen molar-refractivity contribution in [3.8, 4) is 11.5 Å². The molecule has 1 heterocycles. The molecule has 1 aromatic heterocycles. The molecule has 0 fully saturated rings. The van der Waals surface area contributed by atoms with Gasteiger partial charge < -0.3 is 9.84 Å². The van der Waals surface area contributed by atoms with Crippen molar-refractivity contribution in [3.63, 3.8) is 0 Å². The minimum Gasteiger partial charge on any atom is -0.504 e. The number of phenols is 1. The summed E-state index contributed by atoms with van der Waals surface area (Å²) in [6.45, 7) is 6.05. The maximum Gasteiger partial charge on any atom is 0.250 e. The number of nitrogens with zero attached hydrogens (tertiary/aromatic N) is 3. The Morgan fingerprint density at radius 1 is 1.32 bits per heavy atom. The summed E-state index contributed by atoms with van der Waals surface area (Å²) in [5.41, 5.74) is 4.88. The van der Waals surface area contributed by atoms with Crippen LogP contribution in [0.3, 0.4) is 0 Å². The number of nitrogens with one attached hydrogen (secondary N) is 1. The van der Waals surface area contributed by atoms with Crippen LogP contribution in [0.15, 0.2) is 34.5 Å². The summed E-state index contributed by atoms with van der Waals surface area (Å²) >= 11 is 1.25. The van der Waals surface area contributed by atoms with Crippen LogP contribution in [0.1, 0.15) is 23.9 Å². The monoisotopic (exact) mass is 360 g/mol. The standard InChI is InChI=1S/C17H20N4O3S/c1-4-24-15-8-13(5-6-14(15)22)9-18-21-16(23)10-25-17-19-11(2)7-12(3)20-17/h5-9,22H,4,10H2,1-3H3,(H,21,23). The second kappa shape index (κ2) is 9.03. The molecule has 0 saturated heterocycles. The quantitative estimate of drug-likeness (QED) is 0.341. The first-order chi connectivity index (χ1) is 12.0. The van der Waals surface area contributed by atoms with E-state index in [4.69, 9.17) is 4.74 Å². The van der Waals surface area contributed by atoms with Gasteiger partial charge in [-0.25, -0.2) is 15.4 Å². The average molecular weight is 360 g/mol. The number of hydrazone groups is 1. The molecule has 132 valence electrons. The third-order valence-corrected chi connectivity index (χ3v) is 3.83. The molecule has 7 nitrogen and oxygen atoms in total. The summed E-state index contributed by atoms with van der Waals surface area (Å²) in [4.78, 5) is 20.4. The molecule has 1 amide bonds. The van der Waals surface area contributed by atoms with Crippen LogP contribution >= 0.6 is 11.8 Å². The Morgan fingerprint density at radius 2 is 2.04 bits per heavy atom. The summed E-state index contributed by atoms with van der Waals surface area (Å²) in [7, 11) is 0. The van der Waals surface area contributed by atoms with Crippen LogP contribution in [0.5, 0.6) is 11.5 Å². The highest BCUT2D eigenvalue weighted by atomic mass is 32.2.